The van der Waals surface area contributed by atoms with Crippen LogP contribution in [0.4, 0.5) is 20.2 Å². The van der Waals surface area contributed by atoms with Crippen LogP contribution < -0.4 is 11.1 Å². The van der Waals surface area contributed by atoms with Crippen molar-refractivity contribution >= 4 is 11.4 Å². The first-order valence-electron chi connectivity index (χ1n) is 6.18. The molecule has 2 nitrogen and oxygen atoms in total. The number of nitrogens with one attached hydrogen (secondary N) is 1. The quantitative estimate of drug-likeness (QED) is 0.611. The lowest BCUT2D eigenvalue weighted by Gasteiger charge is -2.18. The summed E-state index contributed by atoms with van der Waals surface area (Å²) < 4.78 is 26.5. The van der Waals surface area contributed by atoms with Gasteiger partial charge in [-0.15, -0.1) is 0 Å². The summed E-state index contributed by atoms with van der Waals surface area (Å²) >= 11 is 0. The summed E-state index contributed by atoms with van der Waals surface area (Å²) in [6.07, 6.45) is 6.89. The number of hydrogen-bond acceptors (Lipinski definition) is 2. The third-order valence-electron chi connectivity index (χ3n) is 3.30. The number of nitrogen functional groups attached to an aromatic ring is 1. The van der Waals surface area contributed by atoms with Gasteiger partial charge in [-0.05, 0) is 18.9 Å². The van der Waals surface area contributed by atoms with Crippen LogP contribution in [0.5, 0.6) is 0 Å². The Balaban J connectivity index is 2.09. The van der Waals surface area contributed by atoms with Crippen molar-refractivity contribution in [2.75, 3.05) is 11.1 Å². The molecule has 2 rings (SSSR count). The van der Waals surface area contributed by atoms with Crippen molar-refractivity contribution in [3.63, 3.8) is 0 Å². The van der Waals surface area contributed by atoms with E-state index in [-0.39, 0.29) is 11.7 Å². The number of halogens is 2. The van der Waals surface area contributed by atoms with Crippen molar-refractivity contribution in [1.82, 2.24) is 0 Å². The number of nitrogens with two attached hydrogens (primary N) is 1. The summed E-state index contributed by atoms with van der Waals surface area (Å²) in [6, 6.07) is 2.46. The molecule has 0 saturated heterocycles. The molecule has 0 unspecified atom stereocenters. The van der Waals surface area contributed by atoms with Crippen molar-refractivity contribution in [2.45, 2.75) is 44.6 Å². The topological polar surface area (TPSA) is 38.0 Å². The van der Waals surface area contributed by atoms with Gasteiger partial charge in [0.1, 0.15) is 11.6 Å². The molecular formula is C13H18F2N2. The molecule has 0 amide bonds. The molecule has 0 atom stereocenters. The van der Waals surface area contributed by atoms with Gasteiger partial charge in [0.2, 0.25) is 0 Å². The van der Waals surface area contributed by atoms with E-state index in [0.717, 1.165) is 31.7 Å². The van der Waals surface area contributed by atoms with Crippen molar-refractivity contribution in [3.05, 3.63) is 23.8 Å². The second-order valence-electron chi connectivity index (χ2n) is 4.69. The average molecular weight is 240 g/mol. The third kappa shape index (κ3) is 3.08. The Morgan fingerprint density at radius 3 is 2.29 bits per heavy atom. The van der Waals surface area contributed by atoms with Gasteiger partial charge in [-0.2, -0.15) is 0 Å². The van der Waals surface area contributed by atoms with Crippen LogP contribution in [-0.2, 0) is 0 Å². The van der Waals surface area contributed by atoms with E-state index in [1.54, 1.807) is 0 Å². The fourth-order valence-corrected chi connectivity index (χ4v) is 2.32. The predicted molar refractivity (Wildman–Crippen MR) is 65.9 cm³/mol. The van der Waals surface area contributed by atoms with Gasteiger partial charge < -0.3 is 11.1 Å². The van der Waals surface area contributed by atoms with E-state index in [1.807, 2.05) is 0 Å². The lowest BCUT2D eigenvalue weighted by Crippen LogP contribution is -2.19. The Morgan fingerprint density at radius 1 is 1.00 bits per heavy atom. The van der Waals surface area contributed by atoms with Gasteiger partial charge in [0.05, 0.1) is 11.4 Å². The molecule has 0 spiro atoms. The Hall–Kier alpha value is -1.32. The van der Waals surface area contributed by atoms with Crippen LogP contribution in [0.15, 0.2) is 12.1 Å². The molecule has 0 aliphatic heterocycles. The van der Waals surface area contributed by atoms with E-state index in [9.17, 15) is 8.78 Å². The summed E-state index contributed by atoms with van der Waals surface area (Å²) in [6.45, 7) is 0. The van der Waals surface area contributed by atoms with Gasteiger partial charge >= 0.3 is 0 Å². The molecule has 1 aliphatic carbocycles. The minimum atomic E-state index is -0.700. The molecule has 94 valence electrons. The van der Waals surface area contributed by atoms with E-state index in [1.165, 1.54) is 18.9 Å². The second kappa shape index (κ2) is 5.34. The minimum Gasteiger partial charge on any atom is -0.396 e. The zero-order valence-electron chi connectivity index (χ0n) is 9.81. The maximum absolute atomic E-state index is 13.5. The number of hydrogen-bond donors (Lipinski definition) is 2. The van der Waals surface area contributed by atoms with Crippen LogP contribution >= 0.6 is 0 Å². The van der Waals surface area contributed by atoms with Crippen LogP contribution in [0.3, 0.4) is 0 Å². The van der Waals surface area contributed by atoms with Crippen molar-refractivity contribution in [2.24, 2.45) is 0 Å². The first-order chi connectivity index (χ1) is 8.16. The lowest BCUT2D eigenvalue weighted by molar-refractivity contribution is 0.576. The summed E-state index contributed by atoms with van der Waals surface area (Å²) in [7, 11) is 0. The number of anilines is 2. The van der Waals surface area contributed by atoms with Crippen molar-refractivity contribution < 1.29 is 8.78 Å². The molecule has 4 heteroatoms. The first kappa shape index (κ1) is 12.1. The molecule has 3 N–H and O–H groups in total. The summed E-state index contributed by atoms with van der Waals surface area (Å²) in [5.74, 6) is -1.27. The van der Waals surface area contributed by atoms with E-state index in [4.69, 9.17) is 5.73 Å². The maximum Gasteiger partial charge on any atom is 0.149 e. The maximum atomic E-state index is 13.5. The van der Waals surface area contributed by atoms with Crippen LogP contribution in [-0.4, -0.2) is 6.04 Å². The Labute approximate surface area is 100 Å². The molecule has 1 aliphatic rings. The smallest absolute Gasteiger partial charge is 0.149 e. The van der Waals surface area contributed by atoms with Crippen molar-refractivity contribution in [3.8, 4) is 0 Å². The molecular weight excluding hydrogens is 222 g/mol. The highest BCUT2D eigenvalue weighted by molar-refractivity contribution is 5.56. The zero-order valence-corrected chi connectivity index (χ0v) is 9.81. The largest absolute Gasteiger partial charge is 0.396 e. The Morgan fingerprint density at radius 2 is 1.65 bits per heavy atom. The normalized spacial score (nSPS) is 17.8. The summed E-state index contributed by atoms with van der Waals surface area (Å²) in [5, 5.41) is 3.14. The van der Waals surface area contributed by atoms with E-state index in [2.05, 4.69) is 5.32 Å². The molecule has 1 fully saturated rings. The fraction of sp³-hybridized carbons (Fsp3) is 0.538. The zero-order chi connectivity index (χ0) is 12.3. The molecule has 17 heavy (non-hydrogen) atoms. The molecule has 0 heterocycles. The molecule has 1 aromatic rings. The van der Waals surface area contributed by atoms with Gasteiger partial charge in [0, 0.05) is 12.1 Å². The van der Waals surface area contributed by atoms with E-state index < -0.39 is 11.6 Å². The number of rotatable bonds is 2. The van der Waals surface area contributed by atoms with Crippen LogP contribution in [0.2, 0.25) is 0 Å². The predicted octanol–water partition coefficient (Wildman–Crippen LogP) is 3.68. The fourth-order valence-electron chi connectivity index (χ4n) is 2.32. The summed E-state index contributed by atoms with van der Waals surface area (Å²) in [5.41, 5.74) is 5.75. The Kier molecular flexibility index (Phi) is 3.82. The summed E-state index contributed by atoms with van der Waals surface area (Å²) in [4.78, 5) is 0. The minimum absolute atomic E-state index is 0.0116. The highest BCUT2D eigenvalue weighted by atomic mass is 19.1. The number of benzene rings is 1. The second-order valence-corrected chi connectivity index (χ2v) is 4.69. The van der Waals surface area contributed by atoms with Gasteiger partial charge in [-0.3, -0.25) is 0 Å². The van der Waals surface area contributed by atoms with Gasteiger partial charge in [0.15, 0.2) is 0 Å². The molecule has 0 aromatic heterocycles. The van der Waals surface area contributed by atoms with Crippen LogP contribution in [0.1, 0.15) is 38.5 Å². The highest BCUT2D eigenvalue weighted by Gasteiger charge is 2.15. The average Bonchev–Trinajstić information content (AvgIpc) is 2.54. The highest BCUT2D eigenvalue weighted by Crippen LogP contribution is 2.25. The SMILES string of the molecule is Nc1cc(NC2CCCCCC2)c(F)cc1F. The molecule has 1 aromatic carbocycles. The van der Waals surface area contributed by atoms with Gasteiger partial charge in [-0.25, -0.2) is 8.78 Å². The van der Waals surface area contributed by atoms with Crippen LogP contribution in [0.25, 0.3) is 0 Å². The first-order valence-corrected chi connectivity index (χ1v) is 6.18. The van der Waals surface area contributed by atoms with Gasteiger partial charge in [0.25, 0.3) is 0 Å². The molecule has 1 saturated carbocycles. The van der Waals surface area contributed by atoms with E-state index >= 15 is 0 Å². The van der Waals surface area contributed by atoms with Crippen molar-refractivity contribution in [1.29, 1.82) is 0 Å². The third-order valence-corrected chi connectivity index (χ3v) is 3.30. The van der Waals surface area contributed by atoms with E-state index in [0.29, 0.717) is 5.69 Å². The van der Waals surface area contributed by atoms with Gasteiger partial charge in [-0.1, -0.05) is 25.7 Å². The standard InChI is InChI=1S/C13H18F2N2/c14-10-7-11(15)13(8-12(10)16)17-9-5-3-1-2-4-6-9/h7-9,17H,1-6,16H2. The van der Waals surface area contributed by atoms with Crippen LogP contribution in [0, 0.1) is 11.6 Å². The molecule has 0 radical (unpaired) electrons. The monoisotopic (exact) mass is 240 g/mol. The Bertz CT molecular complexity index is 385. The molecule has 0 bridgehead atoms. The lowest BCUT2D eigenvalue weighted by atomic mass is 10.1.